The van der Waals surface area contributed by atoms with Crippen molar-refractivity contribution in [3.8, 4) is 0 Å². The van der Waals surface area contributed by atoms with E-state index in [4.69, 9.17) is 14.6 Å². The van der Waals surface area contributed by atoms with Crippen LogP contribution >= 0.6 is 0 Å². The molecule has 5 aromatic carbocycles. The van der Waals surface area contributed by atoms with Gasteiger partial charge in [0, 0.05) is 32.5 Å². The molecule has 3 heterocycles. The number of nitrogens with zero attached hydrogens (tertiary/aromatic N) is 4. The Labute approximate surface area is 223 Å². The zero-order chi connectivity index (χ0) is 25.8. The van der Waals surface area contributed by atoms with Crippen molar-refractivity contribution in [1.29, 1.82) is 0 Å². The first-order chi connectivity index (χ1) is 19.3. The Morgan fingerprint density at radius 1 is 0.462 bits per heavy atom. The molecule has 3 aromatic heterocycles. The number of hydrogen-bond donors (Lipinski definition) is 0. The van der Waals surface area contributed by atoms with Gasteiger partial charge >= 0.3 is 0 Å². The average molecular weight is 503 g/mol. The van der Waals surface area contributed by atoms with Crippen LogP contribution in [0.15, 0.2) is 136 Å². The van der Waals surface area contributed by atoms with Gasteiger partial charge in [0.1, 0.15) is 11.3 Å². The largest absolute Gasteiger partial charge is 0.455 e. The second-order valence-electron chi connectivity index (χ2n) is 9.59. The van der Waals surface area contributed by atoms with Gasteiger partial charge in [0.25, 0.3) is 0 Å². The highest BCUT2D eigenvalue weighted by Gasteiger charge is 2.11. The molecule has 0 aliphatic heterocycles. The number of aromatic nitrogens is 2. The standard InChI is InChI=1S/C34H22N4O/c1-5-15-30-25(11-1)26-12-2-6-16-31(26)37(30)35-21-23-10-9-19-34-29(23)20-24(39-34)22-36-38-32-17-7-3-13-27(32)28-14-4-8-18-33(28)38/h1-22H. The molecule has 0 atom stereocenters. The summed E-state index contributed by atoms with van der Waals surface area (Å²) in [4.78, 5) is 0. The predicted molar refractivity (Wildman–Crippen MR) is 161 cm³/mol. The monoisotopic (exact) mass is 502 g/mol. The van der Waals surface area contributed by atoms with Crippen molar-refractivity contribution >= 4 is 67.0 Å². The van der Waals surface area contributed by atoms with Gasteiger partial charge < -0.3 is 4.42 Å². The Hall–Kier alpha value is -5.42. The van der Waals surface area contributed by atoms with E-state index < -0.39 is 0 Å². The number of furan rings is 1. The van der Waals surface area contributed by atoms with E-state index in [0.29, 0.717) is 5.76 Å². The van der Waals surface area contributed by atoms with Crippen LogP contribution in [0, 0.1) is 0 Å². The summed E-state index contributed by atoms with van der Waals surface area (Å²) in [7, 11) is 0. The van der Waals surface area contributed by atoms with E-state index in [-0.39, 0.29) is 0 Å². The summed E-state index contributed by atoms with van der Waals surface area (Å²) in [5.41, 5.74) is 6.05. The van der Waals surface area contributed by atoms with Gasteiger partial charge in [-0.2, -0.15) is 10.2 Å². The molecular formula is C34H22N4O. The quantitative estimate of drug-likeness (QED) is 0.223. The molecule has 0 aliphatic rings. The summed E-state index contributed by atoms with van der Waals surface area (Å²) in [5, 5.41) is 15.5. The van der Waals surface area contributed by atoms with E-state index in [9.17, 15) is 0 Å². The Kier molecular flexibility index (Phi) is 4.76. The van der Waals surface area contributed by atoms with Crippen LogP contribution in [0.25, 0.3) is 54.6 Å². The van der Waals surface area contributed by atoms with Crippen molar-refractivity contribution in [3.05, 3.63) is 133 Å². The number of para-hydroxylation sites is 4. The minimum absolute atomic E-state index is 0.685. The Bertz CT molecular complexity index is 2140. The lowest BCUT2D eigenvalue weighted by molar-refractivity contribution is 0.607. The molecule has 184 valence electrons. The van der Waals surface area contributed by atoms with Crippen LogP contribution in [0.5, 0.6) is 0 Å². The van der Waals surface area contributed by atoms with Gasteiger partial charge in [0.2, 0.25) is 0 Å². The summed E-state index contributed by atoms with van der Waals surface area (Å²) in [5.74, 6) is 0.685. The van der Waals surface area contributed by atoms with Gasteiger partial charge in [-0.25, -0.2) is 9.35 Å². The van der Waals surface area contributed by atoms with Crippen LogP contribution in [-0.4, -0.2) is 21.8 Å². The number of benzene rings is 5. The molecule has 0 aliphatic carbocycles. The fraction of sp³-hybridized carbons (Fsp3) is 0. The molecule has 8 rings (SSSR count). The summed E-state index contributed by atoms with van der Waals surface area (Å²) >= 11 is 0. The third-order valence-corrected chi connectivity index (χ3v) is 7.34. The lowest BCUT2D eigenvalue weighted by Gasteiger charge is -2.00. The topological polar surface area (TPSA) is 47.7 Å². The van der Waals surface area contributed by atoms with Crippen LogP contribution in [-0.2, 0) is 0 Å². The molecule has 0 fully saturated rings. The summed E-state index contributed by atoms with van der Waals surface area (Å²) in [6.45, 7) is 0. The fourth-order valence-corrected chi connectivity index (χ4v) is 5.57. The molecular weight excluding hydrogens is 480 g/mol. The third kappa shape index (κ3) is 3.41. The molecule has 0 spiro atoms. The molecule has 0 saturated heterocycles. The van der Waals surface area contributed by atoms with Crippen molar-refractivity contribution in [2.45, 2.75) is 0 Å². The Morgan fingerprint density at radius 2 is 0.923 bits per heavy atom. The van der Waals surface area contributed by atoms with Crippen molar-refractivity contribution in [3.63, 3.8) is 0 Å². The summed E-state index contributed by atoms with van der Waals surface area (Å²) in [6.07, 6.45) is 3.69. The van der Waals surface area contributed by atoms with Crippen molar-refractivity contribution in [2.24, 2.45) is 10.2 Å². The fourth-order valence-electron chi connectivity index (χ4n) is 5.57. The smallest absolute Gasteiger partial charge is 0.148 e. The number of hydrogen-bond acceptors (Lipinski definition) is 3. The first-order valence-electron chi connectivity index (χ1n) is 12.9. The zero-order valence-corrected chi connectivity index (χ0v) is 20.9. The van der Waals surface area contributed by atoms with Crippen LogP contribution in [0.4, 0.5) is 0 Å². The molecule has 0 unspecified atom stereocenters. The van der Waals surface area contributed by atoms with Crippen LogP contribution in [0.1, 0.15) is 11.3 Å². The first kappa shape index (κ1) is 21.6. The van der Waals surface area contributed by atoms with E-state index in [1.54, 1.807) is 6.21 Å². The Morgan fingerprint density at radius 3 is 1.44 bits per heavy atom. The highest BCUT2D eigenvalue weighted by Crippen LogP contribution is 2.30. The molecule has 0 N–H and O–H groups in total. The maximum absolute atomic E-state index is 6.18. The predicted octanol–water partition coefficient (Wildman–Crippen LogP) is 8.41. The maximum atomic E-state index is 6.18. The SMILES string of the molecule is C(=Nn1c2ccccc2c2ccccc21)c1cc2c(C=Nn3c4ccccc4c4ccccc43)cccc2o1. The highest BCUT2D eigenvalue weighted by atomic mass is 16.3. The van der Waals surface area contributed by atoms with Gasteiger partial charge in [0.15, 0.2) is 0 Å². The number of fused-ring (bicyclic) bond motifs is 7. The Balaban J connectivity index is 1.21. The molecule has 5 nitrogen and oxygen atoms in total. The van der Waals surface area contributed by atoms with Crippen LogP contribution in [0.3, 0.4) is 0 Å². The van der Waals surface area contributed by atoms with Gasteiger partial charge in [0.05, 0.1) is 34.5 Å². The second kappa shape index (κ2) is 8.57. The van der Waals surface area contributed by atoms with Crippen molar-refractivity contribution < 1.29 is 4.42 Å². The minimum Gasteiger partial charge on any atom is -0.455 e. The molecule has 0 saturated carbocycles. The van der Waals surface area contributed by atoms with E-state index in [1.807, 2.05) is 58.0 Å². The summed E-state index contributed by atoms with van der Waals surface area (Å²) < 4.78 is 10.2. The molecule has 0 amide bonds. The first-order valence-corrected chi connectivity index (χ1v) is 12.9. The van der Waals surface area contributed by atoms with Gasteiger partial charge in [-0.3, -0.25) is 0 Å². The third-order valence-electron chi connectivity index (χ3n) is 7.34. The van der Waals surface area contributed by atoms with Gasteiger partial charge in [-0.1, -0.05) is 84.9 Å². The second-order valence-corrected chi connectivity index (χ2v) is 9.59. The molecule has 0 radical (unpaired) electrons. The molecule has 39 heavy (non-hydrogen) atoms. The number of rotatable bonds is 4. The van der Waals surface area contributed by atoms with Crippen molar-refractivity contribution in [1.82, 2.24) is 9.35 Å². The van der Waals surface area contributed by atoms with E-state index >= 15 is 0 Å². The molecule has 5 heteroatoms. The zero-order valence-electron chi connectivity index (χ0n) is 20.9. The lowest BCUT2D eigenvalue weighted by atomic mass is 10.1. The average Bonchev–Trinajstić information content (AvgIpc) is 3.65. The van der Waals surface area contributed by atoms with Crippen LogP contribution in [0.2, 0.25) is 0 Å². The lowest BCUT2D eigenvalue weighted by Crippen LogP contribution is -1.91. The van der Waals surface area contributed by atoms with Gasteiger partial charge in [-0.05, 0) is 36.4 Å². The highest BCUT2D eigenvalue weighted by molar-refractivity contribution is 6.09. The van der Waals surface area contributed by atoms with E-state index in [0.717, 1.165) is 38.6 Å². The molecule has 8 aromatic rings. The maximum Gasteiger partial charge on any atom is 0.148 e. The minimum atomic E-state index is 0.685. The normalized spacial score (nSPS) is 12.4. The van der Waals surface area contributed by atoms with Crippen molar-refractivity contribution in [2.75, 3.05) is 0 Å². The van der Waals surface area contributed by atoms with E-state index in [1.165, 1.54) is 21.5 Å². The van der Waals surface area contributed by atoms with E-state index in [2.05, 4.69) is 78.9 Å². The summed E-state index contributed by atoms with van der Waals surface area (Å²) in [6, 6.07) is 41.4. The van der Waals surface area contributed by atoms with Gasteiger partial charge in [-0.15, -0.1) is 0 Å². The van der Waals surface area contributed by atoms with Crippen LogP contribution < -0.4 is 0 Å². The molecule has 0 bridgehead atoms.